The van der Waals surface area contributed by atoms with E-state index in [1.54, 1.807) is 0 Å². The Morgan fingerprint density at radius 1 is 1.75 bits per heavy atom. The van der Waals surface area contributed by atoms with Gasteiger partial charge in [-0.2, -0.15) is 0 Å². The van der Waals surface area contributed by atoms with E-state index in [2.05, 4.69) is 34.8 Å². The number of nitrogens with one attached hydrogen (secondary N) is 1. The van der Waals surface area contributed by atoms with Crippen LogP contribution in [0, 0.1) is 0 Å². The van der Waals surface area contributed by atoms with Crippen molar-refractivity contribution < 1.29 is 0 Å². The van der Waals surface area contributed by atoms with Crippen LogP contribution >= 0.6 is 22.6 Å². The predicted octanol–water partition coefficient (Wildman–Crippen LogP) is 1.91. The topological polar surface area (TPSA) is 12.0 Å². The molecular formula is C6H12IN. The number of hydrogen-bond donors (Lipinski definition) is 1. The van der Waals surface area contributed by atoms with Crippen molar-refractivity contribution >= 4 is 22.6 Å². The summed E-state index contributed by atoms with van der Waals surface area (Å²) in [7, 11) is 0. The Labute approximate surface area is 64.4 Å². The second-order valence-corrected chi connectivity index (χ2v) is 4.41. The molecule has 1 fully saturated rings. The molecule has 0 amide bonds. The van der Waals surface area contributed by atoms with Crippen molar-refractivity contribution in [3.8, 4) is 0 Å². The molecular weight excluding hydrogens is 213 g/mol. The normalized spacial score (nSPS) is 38.2. The molecule has 0 aromatic rings. The summed E-state index contributed by atoms with van der Waals surface area (Å²) in [6, 6.07) is 0. The second kappa shape index (κ2) is 2.52. The third-order valence-corrected chi connectivity index (χ3v) is 3.44. The molecule has 8 heavy (non-hydrogen) atoms. The molecule has 1 saturated heterocycles. The van der Waals surface area contributed by atoms with Crippen molar-refractivity contribution in [1.29, 1.82) is 0 Å². The van der Waals surface area contributed by atoms with Gasteiger partial charge in [0.2, 0.25) is 0 Å². The molecule has 1 rings (SSSR count). The Hall–Kier alpha value is 0.690. The van der Waals surface area contributed by atoms with Crippen molar-refractivity contribution in [3.05, 3.63) is 0 Å². The van der Waals surface area contributed by atoms with E-state index in [1.165, 1.54) is 25.8 Å². The van der Waals surface area contributed by atoms with Crippen molar-refractivity contribution in [2.24, 2.45) is 0 Å². The maximum atomic E-state index is 3.47. The van der Waals surface area contributed by atoms with Gasteiger partial charge < -0.3 is 5.32 Å². The number of rotatable bonds is 1. The number of alkyl halides is 1. The average molecular weight is 225 g/mol. The van der Waals surface area contributed by atoms with Crippen LogP contribution in [0.1, 0.15) is 26.2 Å². The zero-order chi connectivity index (χ0) is 6.04. The highest BCUT2D eigenvalue weighted by molar-refractivity contribution is 14.1. The highest BCUT2D eigenvalue weighted by Crippen LogP contribution is 2.29. The van der Waals surface area contributed by atoms with Gasteiger partial charge in [-0.15, -0.1) is 0 Å². The fraction of sp³-hybridized carbons (Fsp3) is 1.00. The van der Waals surface area contributed by atoms with Gasteiger partial charge in [0.15, 0.2) is 0 Å². The van der Waals surface area contributed by atoms with E-state index in [0.29, 0.717) is 3.55 Å². The van der Waals surface area contributed by atoms with Gasteiger partial charge in [-0.3, -0.25) is 0 Å². The molecule has 0 saturated carbocycles. The summed E-state index contributed by atoms with van der Waals surface area (Å²) in [5.41, 5.74) is 0. The van der Waals surface area contributed by atoms with Gasteiger partial charge >= 0.3 is 0 Å². The van der Waals surface area contributed by atoms with E-state index in [4.69, 9.17) is 0 Å². The molecule has 0 aromatic heterocycles. The van der Waals surface area contributed by atoms with Crippen molar-refractivity contribution in [3.63, 3.8) is 0 Å². The Morgan fingerprint density at radius 3 is 2.75 bits per heavy atom. The Bertz CT molecular complexity index is 76.6. The van der Waals surface area contributed by atoms with Gasteiger partial charge in [0, 0.05) is 0 Å². The Balaban J connectivity index is 2.40. The van der Waals surface area contributed by atoms with Crippen LogP contribution in [0.5, 0.6) is 0 Å². The van der Waals surface area contributed by atoms with E-state index >= 15 is 0 Å². The van der Waals surface area contributed by atoms with E-state index in [0.717, 1.165) is 0 Å². The highest BCUT2D eigenvalue weighted by atomic mass is 127. The lowest BCUT2D eigenvalue weighted by Crippen LogP contribution is -2.31. The zero-order valence-electron chi connectivity index (χ0n) is 5.21. The summed E-state index contributed by atoms with van der Waals surface area (Å²) in [5.74, 6) is 0. The average Bonchev–Trinajstić information content (AvgIpc) is 2.17. The monoisotopic (exact) mass is 225 g/mol. The number of halogens is 1. The minimum Gasteiger partial charge on any atom is -0.303 e. The van der Waals surface area contributed by atoms with Crippen LogP contribution in [0.3, 0.4) is 0 Å². The SMILES string of the molecule is CCC1(I)CCCN1. The molecule has 0 spiro atoms. The first-order valence-electron chi connectivity index (χ1n) is 3.21. The zero-order valence-corrected chi connectivity index (χ0v) is 7.36. The third kappa shape index (κ3) is 1.35. The third-order valence-electron chi connectivity index (χ3n) is 1.75. The summed E-state index contributed by atoms with van der Waals surface area (Å²) < 4.78 is 0.456. The first-order chi connectivity index (χ1) is 3.77. The molecule has 1 aliphatic rings. The van der Waals surface area contributed by atoms with Crippen LogP contribution in [0.4, 0.5) is 0 Å². The quantitative estimate of drug-likeness (QED) is 0.408. The van der Waals surface area contributed by atoms with Crippen LogP contribution in [0.2, 0.25) is 0 Å². The molecule has 1 N–H and O–H groups in total. The van der Waals surface area contributed by atoms with Gasteiger partial charge in [0.25, 0.3) is 0 Å². The van der Waals surface area contributed by atoms with Gasteiger partial charge in [-0.1, -0.05) is 29.5 Å². The van der Waals surface area contributed by atoms with Crippen LogP contribution in [-0.2, 0) is 0 Å². The maximum absolute atomic E-state index is 3.47. The predicted molar refractivity (Wildman–Crippen MR) is 44.3 cm³/mol. The molecule has 1 aliphatic heterocycles. The largest absolute Gasteiger partial charge is 0.303 e. The molecule has 1 nitrogen and oxygen atoms in total. The van der Waals surface area contributed by atoms with Crippen LogP contribution < -0.4 is 5.32 Å². The van der Waals surface area contributed by atoms with Gasteiger partial charge in [-0.05, 0) is 25.8 Å². The molecule has 0 aliphatic carbocycles. The first kappa shape index (κ1) is 6.81. The summed E-state index contributed by atoms with van der Waals surface area (Å²) in [5, 5.41) is 3.47. The minimum atomic E-state index is 0.456. The summed E-state index contributed by atoms with van der Waals surface area (Å²) in [4.78, 5) is 0. The standard InChI is InChI=1S/C6H12IN/c1-2-6(7)4-3-5-8-6/h8H,2-5H2,1H3. The number of hydrogen-bond acceptors (Lipinski definition) is 1. The second-order valence-electron chi connectivity index (χ2n) is 2.35. The van der Waals surface area contributed by atoms with Crippen molar-refractivity contribution in [1.82, 2.24) is 5.32 Å². The van der Waals surface area contributed by atoms with Gasteiger partial charge in [0.05, 0.1) is 3.55 Å². The van der Waals surface area contributed by atoms with Crippen LogP contribution in [0.25, 0.3) is 0 Å². The molecule has 48 valence electrons. The fourth-order valence-corrected chi connectivity index (χ4v) is 1.72. The molecule has 1 unspecified atom stereocenters. The van der Waals surface area contributed by atoms with Crippen molar-refractivity contribution in [2.45, 2.75) is 29.7 Å². The van der Waals surface area contributed by atoms with E-state index in [9.17, 15) is 0 Å². The fourth-order valence-electron chi connectivity index (χ4n) is 1.07. The van der Waals surface area contributed by atoms with E-state index in [-0.39, 0.29) is 0 Å². The van der Waals surface area contributed by atoms with Gasteiger partial charge in [0.1, 0.15) is 0 Å². The highest BCUT2D eigenvalue weighted by Gasteiger charge is 2.26. The summed E-state index contributed by atoms with van der Waals surface area (Å²) in [6.07, 6.45) is 3.97. The van der Waals surface area contributed by atoms with E-state index < -0.39 is 0 Å². The Morgan fingerprint density at radius 2 is 2.50 bits per heavy atom. The molecule has 1 atom stereocenters. The minimum absolute atomic E-state index is 0.456. The first-order valence-corrected chi connectivity index (χ1v) is 4.29. The lowest BCUT2D eigenvalue weighted by molar-refractivity contribution is 0.561. The molecule has 1 heterocycles. The van der Waals surface area contributed by atoms with Crippen LogP contribution in [0.15, 0.2) is 0 Å². The summed E-state index contributed by atoms with van der Waals surface area (Å²) >= 11 is 2.52. The molecule has 0 radical (unpaired) electrons. The lowest BCUT2D eigenvalue weighted by Gasteiger charge is -2.18. The smallest absolute Gasteiger partial charge is 0.0703 e. The maximum Gasteiger partial charge on any atom is 0.0703 e. The summed E-state index contributed by atoms with van der Waals surface area (Å²) in [6.45, 7) is 3.46. The molecule has 0 bridgehead atoms. The Kier molecular flexibility index (Phi) is 2.14. The lowest BCUT2D eigenvalue weighted by atomic mass is 10.2. The van der Waals surface area contributed by atoms with Crippen molar-refractivity contribution in [2.75, 3.05) is 6.54 Å². The molecule has 2 heteroatoms. The van der Waals surface area contributed by atoms with E-state index in [1.807, 2.05) is 0 Å². The van der Waals surface area contributed by atoms with Gasteiger partial charge in [-0.25, -0.2) is 0 Å². The molecule has 0 aromatic carbocycles. The van der Waals surface area contributed by atoms with Crippen LogP contribution in [-0.4, -0.2) is 10.1 Å².